The van der Waals surface area contributed by atoms with Crippen molar-refractivity contribution in [1.82, 2.24) is 10.0 Å². The molecule has 0 aromatic heterocycles. The first kappa shape index (κ1) is 18.0. The van der Waals surface area contributed by atoms with E-state index in [0.717, 1.165) is 0 Å². The lowest BCUT2D eigenvalue weighted by atomic mass is 10.00. The van der Waals surface area contributed by atoms with Crippen molar-refractivity contribution in [1.29, 1.82) is 0 Å². The van der Waals surface area contributed by atoms with Crippen LogP contribution in [0.1, 0.15) is 18.4 Å². The molecule has 1 amide bonds. The Morgan fingerprint density at radius 3 is 2.88 bits per heavy atom. The third-order valence-electron chi connectivity index (χ3n) is 4.22. The van der Waals surface area contributed by atoms with Crippen molar-refractivity contribution < 1.29 is 22.3 Å². The van der Waals surface area contributed by atoms with Crippen LogP contribution in [0.5, 0.6) is 0 Å². The van der Waals surface area contributed by atoms with Crippen molar-refractivity contribution in [2.75, 3.05) is 30.3 Å². The monoisotopic (exact) mass is 387 g/mol. The molecular weight excluding hydrogens is 369 g/mol. The third kappa shape index (κ3) is 3.91. The van der Waals surface area contributed by atoms with Crippen LogP contribution in [0.25, 0.3) is 0 Å². The van der Waals surface area contributed by atoms with E-state index in [4.69, 9.17) is 17.0 Å². The molecule has 2 heterocycles. The van der Waals surface area contributed by atoms with Gasteiger partial charge in [-0.05, 0) is 24.6 Å². The molecular formula is C15H18FN3O4S2. The number of cyclic esters (lactones) is 1. The zero-order valence-electron chi connectivity index (χ0n) is 13.5. The maximum absolute atomic E-state index is 14.5. The van der Waals surface area contributed by atoms with E-state index in [0.29, 0.717) is 22.8 Å². The van der Waals surface area contributed by atoms with Gasteiger partial charge in [-0.15, -0.1) is 0 Å². The Morgan fingerprint density at radius 2 is 2.28 bits per heavy atom. The number of carbonyl (C=O) groups excluding carboxylic acids is 1. The number of carbonyl (C=O) groups is 1. The topological polar surface area (TPSA) is 87.7 Å². The summed E-state index contributed by atoms with van der Waals surface area (Å²) in [5.41, 5.74) is 0.681. The van der Waals surface area contributed by atoms with Crippen LogP contribution in [-0.4, -0.2) is 51.0 Å². The maximum atomic E-state index is 14.5. The number of benzene rings is 1. The Morgan fingerprint density at radius 1 is 1.52 bits per heavy atom. The van der Waals surface area contributed by atoms with Gasteiger partial charge in [-0.25, -0.2) is 22.3 Å². The van der Waals surface area contributed by atoms with Gasteiger partial charge in [0.15, 0.2) is 0 Å². The molecule has 1 aromatic carbocycles. The summed E-state index contributed by atoms with van der Waals surface area (Å²) in [6.45, 7) is 2.48. The van der Waals surface area contributed by atoms with Gasteiger partial charge in [0.2, 0.25) is 10.0 Å². The SMILES string of the molecule is CC(=S)NCC1COC(=O)N1c1ccc(C2CNS(=O)(=O)C2)c(F)c1. The van der Waals surface area contributed by atoms with Gasteiger partial charge in [0.1, 0.15) is 12.4 Å². The number of ether oxygens (including phenoxy) is 1. The van der Waals surface area contributed by atoms with Crippen molar-refractivity contribution >= 4 is 39.0 Å². The van der Waals surface area contributed by atoms with Crippen LogP contribution in [0, 0.1) is 5.82 Å². The number of sulfonamides is 1. The van der Waals surface area contributed by atoms with E-state index in [9.17, 15) is 17.6 Å². The third-order valence-corrected chi connectivity index (χ3v) is 5.81. The van der Waals surface area contributed by atoms with Crippen molar-refractivity contribution in [3.8, 4) is 0 Å². The predicted octanol–water partition coefficient (Wildman–Crippen LogP) is 1.10. The lowest BCUT2D eigenvalue weighted by Gasteiger charge is -2.22. The minimum absolute atomic E-state index is 0.143. The second-order valence-electron chi connectivity index (χ2n) is 6.07. The first-order chi connectivity index (χ1) is 11.8. The quantitative estimate of drug-likeness (QED) is 0.753. The van der Waals surface area contributed by atoms with Crippen LogP contribution in [0.4, 0.5) is 14.9 Å². The Hall–Kier alpha value is -1.78. The Labute approximate surface area is 150 Å². The number of hydrogen-bond acceptors (Lipinski definition) is 5. The molecule has 0 bridgehead atoms. The fraction of sp³-hybridized carbons (Fsp3) is 0.467. The second-order valence-corrected chi connectivity index (χ2v) is 8.53. The van der Waals surface area contributed by atoms with E-state index < -0.39 is 27.9 Å². The Kier molecular flexibility index (Phi) is 4.94. The first-order valence-electron chi connectivity index (χ1n) is 7.74. The highest BCUT2D eigenvalue weighted by Crippen LogP contribution is 2.30. The molecule has 2 N–H and O–H groups in total. The molecule has 10 heteroatoms. The normalized spacial score (nSPS) is 25.0. The molecule has 1 aromatic rings. The molecule has 2 aliphatic heterocycles. The molecule has 25 heavy (non-hydrogen) atoms. The van der Waals surface area contributed by atoms with E-state index in [1.807, 2.05) is 0 Å². The largest absolute Gasteiger partial charge is 0.447 e. The van der Waals surface area contributed by atoms with Gasteiger partial charge in [-0.1, -0.05) is 18.3 Å². The van der Waals surface area contributed by atoms with Gasteiger partial charge in [-0.3, -0.25) is 4.90 Å². The van der Waals surface area contributed by atoms with Gasteiger partial charge in [0, 0.05) is 19.0 Å². The fourth-order valence-corrected chi connectivity index (χ4v) is 4.48. The lowest BCUT2D eigenvalue weighted by Crippen LogP contribution is -2.42. The lowest BCUT2D eigenvalue weighted by molar-refractivity contribution is 0.179. The summed E-state index contributed by atoms with van der Waals surface area (Å²) in [6.07, 6.45) is -0.550. The van der Waals surface area contributed by atoms with Gasteiger partial charge in [0.05, 0.1) is 22.5 Å². The van der Waals surface area contributed by atoms with Gasteiger partial charge >= 0.3 is 6.09 Å². The highest BCUT2D eigenvalue weighted by Gasteiger charge is 2.35. The molecule has 2 unspecified atom stereocenters. The van der Waals surface area contributed by atoms with Crippen molar-refractivity contribution in [3.05, 3.63) is 29.6 Å². The van der Waals surface area contributed by atoms with Crippen LogP contribution in [0.3, 0.4) is 0 Å². The van der Waals surface area contributed by atoms with Crippen LogP contribution >= 0.6 is 12.2 Å². The summed E-state index contributed by atoms with van der Waals surface area (Å²) < 4.78 is 45.0. The molecule has 7 nitrogen and oxygen atoms in total. The maximum Gasteiger partial charge on any atom is 0.414 e. The van der Waals surface area contributed by atoms with Gasteiger partial charge in [0.25, 0.3) is 0 Å². The Bertz CT molecular complexity index is 815. The zero-order chi connectivity index (χ0) is 18.2. The number of nitrogens with zero attached hydrogens (tertiary/aromatic N) is 1. The number of halogens is 1. The van der Waals surface area contributed by atoms with E-state index in [1.54, 1.807) is 13.0 Å². The summed E-state index contributed by atoms with van der Waals surface area (Å²) >= 11 is 4.96. The minimum atomic E-state index is -3.34. The summed E-state index contributed by atoms with van der Waals surface area (Å²) in [7, 11) is -3.34. The zero-order valence-corrected chi connectivity index (χ0v) is 15.1. The molecule has 0 spiro atoms. The average molecular weight is 387 g/mol. The smallest absolute Gasteiger partial charge is 0.414 e. The van der Waals surface area contributed by atoms with Crippen molar-refractivity contribution in [2.24, 2.45) is 0 Å². The molecule has 2 aliphatic rings. The van der Waals surface area contributed by atoms with E-state index in [2.05, 4.69) is 10.0 Å². The first-order valence-corrected chi connectivity index (χ1v) is 9.80. The van der Waals surface area contributed by atoms with Gasteiger partial charge < -0.3 is 10.1 Å². The van der Waals surface area contributed by atoms with Crippen LogP contribution < -0.4 is 14.9 Å². The highest BCUT2D eigenvalue weighted by atomic mass is 32.2. The number of anilines is 1. The van der Waals surface area contributed by atoms with E-state index in [-0.39, 0.29) is 24.9 Å². The van der Waals surface area contributed by atoms with Gasteiger partial charge in [-0.2, -0.15) is 0 Å². The molecule has 3 rings (SSSR count). The van der Waals surface area contributed by atoms with Crippen molar-refractivity contribution in [3.63, 3.8) is 0 Å². The molecule has 0 radical (unpaired) electrons. The molecule has 2 saturated heterocycles. The number of amides is 1. The fourth-order valence-electron chi connectivity index (χ4n) is 3.00. The number of rotatable bonds is 4. The summed E-state index contributed by atoms with van der Waals surface area (Å²) in [6, 6.07) is 4.07. The number of thiocarbonyl (C=S) groups is 1. The van der Waals surface area contributed by atoms with Crippen LogP contribution in [0.2, 0.25) is 0 Å². The Balaban J connectivity index is 1.81. The molecule has 0 aliphatic carbocycles. The predicted molar refractivity (Wildman–Crippen MR) is 94.8 cm³/mol. The van der Waals surface area contributed by atoms with E-state index in [1.165, 1.54) is 17.0 Å². The molecule has 136 valence electrons. The molecule has 2 atom stereocenters. The number of nitrogens with one attached hydrogen (secondary N) is 2. The minimum Gasteiger partial charge on any atom is -0.447 e. The number of hydrogen-bond donors (Lipinski definition) is 2. The summed E-state index contributed by atoms with van der Waals surface area (Å²) in [5.74, 6) is -1.13. The summed E-state index contributed by atoms with van der Waals surface area (Å²) in [4.78, 5) is 14.0. The summed E-state index contributed by atoms with van der Waals surface area (Å²) in [5, 5.41) is 2.98. The van der Waals surface area contributed by atoms with Crippen LogP contribution in [0.15, 0.2) is 18.2 Å². The highest BCUT2D eigenvalue weighted by molar-refractivity contribution is 7.89. The molecule has 2 fully saturated rings. The standard InChI is InChI=1S/C15H18FN3O4S2/c1-9(24)17-6-12-7-23-15(20)19(12)11-2-3-13(14(16)4-11)10-5-18-25(21,22)8-10/h2-4,10,12,18H,5-8H2,1H3,(H,17,24). The van der Waals surface area contributed by atoms with E-state index >= 15 is 0 Å². The average Bonchev–Trinajstić information content (AvgIpc) is 3.07. The van der Waals surface area contributed by atoms with Crippen LogP contribution in [-0.2, 0) is 14.8 Å². The molecule has 0 saturated carbocycles. The second kappa shape index (κ2) is 6.85. The van der Waals surface area contributed by atoms with Crippen molar-refractivity contribution in [2.45, 2.75) is 18.9 Å².